The molecule has 0 amide bonds. The van der Waals surface area contributed by atoms with E-state index < -0.39 is 0 Å². The zero-order chi connectivity index (χ0) is 11.5. The van der Waals surface area contributed by atoms with E-state index >= 15 is 0 Å². The number of ether oxygens (including phenoxy) is 1. The number of likely N-dealkylation sites (N-methyl/N-ethyl adjacent to an activating group) is 2. The fraction of sp³-hybridized carbons (Fsp3) is 0.636. The standard InChI is InChI=1S/C11H17ClN2OS/c1-13-11(9-3-4-10(12)16-9)8-7-14(2)5-6-15-8/h3-4,8,11,13H,5-7H2,1-2H3. The Bertz CT molecular complexity index is 344. The molecule has 1 saturated heterocycles. The molecule has 2 atom stereocenters. The van der Waals surface area contributed by atoms with Crippen LogP contribution in [0.15, 0.2) is 12.1 Å². The van der Waals surface area contributed by atoms with Gasteiger partial charge in [0, 0.05) is 18.0 Å². The Hall–Kier alpha value is -0.130. The van der Waals surface area contributed by atoms with Crippen LogP contribution in [0.5, 0.6) is 0 Å². The van der Waals surface area contributed by atoms with Crippen LogP contribution in [0.25, 0.3) is 0 Å². The lowest BCUT2D eigenvalue weighted by Gasteiger charge is -2.34. The van der Waals surface area contributed by atoms with Gasteiger partial charge in [-0.25, -0.2) is 0 Å². The van der Waals surface area contributed by atoms with Gasteiger partial charge in [-0.3, -0.25) is 0 Å². The second-order valence-electron chi connectivity index (χ2n) is 4.08. The van der Waals surface area contributed by atoms with Gasteiger partial charge < -0.3 is 15.0 Å². The molecule has 5 heteroatoms. The zero-order valence-corrected chi connectivity index (χ0v) is 11.1. The smallest absolute Gasteiger partial charge is 0.0931 e. The Morgan fingerprint density at radius 3 is 3.00 bits per heavy atom. The molecule has 2 unspecified atom stereocenters. The summed E-state index contributed by atoms with van der Waals surface area (Å²) in [5.41, 5.74) is 0. The van der Waals surface area contributed by atoms with E-state index in [9.17, 15) is 0 Å². The lowest BCUT2D eigenvalue weighted by molar-refractivity contribution is -0.0374. The molecular formula is C11H17ClN2OS. The number of nitrogens with zero attached hydrogens (tertiary/aromatic N) is 1. The molecule has 90 valence electrons. The highest BCUT2D eigenvalue weighted by atomic mass is 35.5. The first kappa shape index (κ1) is 12.3. The summed E-state index contributed by atoms with van der Waals surface area (Å²) in [4.78, 5) is 3.54. The van der Waals surface area contributed by atoms with Crippen LogP contribution < -0.4 is 5.32 Å². The lowest BCUT2D eigenvalue weighted by Crippen LogP contribution is -2.45. The van der Waals surface area contributed by atoms with Gasteiger partial charge in [-0.05, 0) is 26.2 Å². The van der Waals surface area contributed by atoms with Crippen molar-refractivity contribution in [2.75, 3.05) is 33.8 Å². The van der Waals surface area contributed by atoms with Gasteiger partial charge >= 0.3 is 0 Å². The molecule has 2 heterocycles. The SMILES string of the molecule is CNC(c1ccc(Cl)s1)C1CN(C)CCO1. The van der Waals surface area contributed by atoms with Gasteiger partial charge in [0.2, 0.25) is 0 Å². The van der Waals surface area contributed by atoms with Crippen molar-refractivity contribution in [1.29, 1.82) is 0 Å². The molecule has 0 aliphatic carbocycles. The Morgan fingerprint density at radius 2 is 2.44 bits per heavy atom. The van der Waals surface area contributed by atoms with Crippen LogP contribution in [0.3, 0.4) is 0 Å². The van der Waals surface area contributed by atoms with Gasteiger partial charge in [-0.15, -0.1) is 11.3 Å². The van der Waals surface area contributed by atoms with Crippen molar-refractivity contribution in [1.82, 2.24) is 10.2 Å². The summed E-state index contributed by atoms with van der Waals surface area (Å²) in [6, 6.07) is 4.25. The minimum Gasteiger partial charge on any atom is -0.374 e. The van der Waals surface area contributed by atoms with Gasteiger partial charge in [-0.2, -0.15) is 0 Å². The molecule has 0 saturated carbocycles. The number of hydrogen-bond donors (Lipinski definition) is 1. The Morgan fingerprint density at radius 1 is 1.62 bits per heavy atom. The molecule has 0 aromatic carbocycles. The third kappa shape index (κ3) is 2.76. The van der Waals surface area contributed by atoms with Crippen LogP contribution >= 0.6 is 22.9 Å². The predicted octanol–water partition coefficient (Wildman–Crippen LogP) is 1.99. The summed E-state index contributed by atoms with van der Waals surface area (Å²) in [6.07, 6.45) is 0.207. The number of halogens is 1. The summed E-state index contributed by atoms with van der Waals surface area (Å²) in [5.74, 6) is 0. The van der Waals surface area contributed by atoms with Crippen molar-refractivity contribution in [3.63, 3.8) is 0 Å². The number of thiophene rings is 1. The molecule has 3 nitrogen and oxygen atoms in total. The molecule has 0 spiro atoms. The van der Waals surface area contributed by atoms with E-state index in [1.54, 1.807) is 11.3 Å². The highest BCUT2D eigenvalue weighted by Crippen LogP contribution is 2.30. The molecule has 1 N–H and O–H groups in total. The van der Waals surface area contributed by atoms with Crippen LogP contribution in [-0.4, -0.2) is 44.8 Å². The monoisotopic (exact) mass is 260 g/mol. The Kier molecular flexibility index (Phi) is 4.21. The zero-order valence-electron chi connectivity index (χ0n) is 9.57. The van der Waals surface area contributed by atoms with Crippen LogP contribution in [0.2, 0.25) is 4.34 Å². The Balaban J connectivity index is 2.09. The number of rotatable bonds is 3. The van der Waals surface area contributed by atoms with Gasteiger partial charge in [0.05, 0.1) is 23.1 Å². The third-order valence-corrected chi connectivity index (χ3v) is 4.19. The van der Waals surface area contributed by atoms with Gasteiger partial charge in [0.15, 0.2) is 0 Å². The number of nitrogens with one attached hydrogen (secondary N) is 1. The van der Waals surface area contributed by atoms with Crippen LogP contribution in [0.4, 0.5) is 0 Å². The highest BCUT2D eigenvalue weighted by molar-refractivity contribution is 7.16. The van der Waals surface area contributed by atoms with Gasteiger partial charge in [0.1, 0.15) is 0 Å². The summed E-state index contributed by atoms with van der Waals surface area (Å²) in [7, 11) is 4.10. The second-order valence-corrected chi connectivity index (χ2v) is 5.83. The minimum atomic E-state index is 0.207. The molecule has 2 rings (SSSR count). The normalized spacial score (nSPS) is 24.6. The average Bonchev–Trinajstić information content (AvgIpc) is 2.66. The number of morpholine rings is 1. The first-order valence-electron chi connectivity index (χ1n) is 5.43. The molecule has 0 bridgehead atoms. The van der Waals surface area contributed by atoms with Crippen molar-refractivity contribution in [2.45, 2.75) is 12.1 Å². The second kappa shape index (κ2) is 5.47. The van der Waals surface area contributed by atoms with E-state index in [1.165, 1.54) is 4.88 Å². The maximum atomic E-state index is 5.97. The van der Waals surface area contributed by atoms with Crippen molar-refractivity contribution in [3.05, 3.63) is 21.3 Å². The van der Waals surface area contributed by atoms with Crippen molar-refractivity contribution in [2.24, 2.45) is 0 Å². The molecular weight excluding hydrogens is 244 g/mol. The van der Waals surface area contributed by atoms with E-state index in [1.807, 2.05) is 13.1 Å². The minimum absolute atomic E-state index is 0.207. The highest BCUT2D eigenvalue weighted by Gasteiger charge is 2.27. The first-order valence-corrected chi connectivity index (χ1v) is 6.63. The fourth-order valence-electron chi connectivity index (χ4n) is 2.02. The lowest BCUT2D eigenvalue weighted by atomic mass is 10.1. The van der Waals surface area contributed by atoms with Crippen molar-refractivity contribution >= 4 is 22.9 Å². The van der Waals surface area contributed by atoms with Gasteiger partial charge in [0.25, 0.3) is 0 Å². The summed E-state index contributed by atoms with van der Waals surface area (Å²) < 4.78 is 6.66. The van der Waals surface area contributed by atoms with E-state index in [0.717, 1.165) is 24.0 Å². The van der Waals surface area contributed by atoms with Crippen LogP contribution in [0, 0.1) is 0 Å². The Labute approximate surface area is 105 Å². The summed E-state index contributed by atoms with van der Waals surface area (Å²) in [6.45, 7) is 2.78. The van der Waals surface area contributed by atoms with Crippen molar-refractivity contribution < 1.29 is 4.74 Å². The summed E-state index contributed by atoms with van der Waals surface area (Å²) in [5, 5.41) is 3.32. The average molecular weight is 261 g/mol. The topological polar surface area (TPSA) is 24.5 Å². The molecule has 0 radical (unpaired) electrons. The fourth-order valence-corrected chi connectivity index (χ4v) is 3.24. The first-order chi connectivity index (χ1) is 7.70. The van der Waals surface area contributed by atoms with Gasteiger partial charge in [-0.1, -0.05) is 11.6 Å². The van der Waals surface area contributed by atoms with E-state index in [0.29, 0.717) is 0 Å². The summed E-state index contributed by atoms with van der Waals surface area (Å²) >= 11 is 7.59. The molecule has 1 aliphatic heterocycles. The maximum absolute atomic E-state index is 5.97. The van der Waals surface area contributed by atoms with E-state index in [4.69, 9.17) is 16.3 Å². The van der Waals surface area contributed by atoms with Crippen LogP contribution in [0.1, 0.15) is 10.9 Å². The molecule has 1 aliphatic rings. The molecule has 16 heavy (non-hydrogen) atoms. The van der Waals surface area contributed by atoms with E-state index in [-0.39, 0.29) is 12.1 Å². The number of hydrogen-bond acceptors (Lipinski definition) is 4. The van der Waals surface area contributed by atoms with Crippen molar-refractivity contribution in [3.8, 4) is 0 Å². The quantitative estimate of drug-likeness (QED) is 0.900. The molecule has 1 fully saturated rings. The van der Waals surface area contributed by atoms with E-state index in [2.05, 4.69) is 23.3 Å². The maximum Gasteiger partial charge on any atom is 0.0931 e. The van der Waals surface area contributed by atoms with Crippen LogP contribution in [-0.2, 0) is 4.74 Å². The molecule has 1 aromatic heterocycles. The largest absolute Gasteiger partial charge is 0.374 e. The third-order valence-electron chi connectivity index (χ3n) is 2.88. The predicted molar refractivity (Wildman–Crippen MR) is 68.4 cm³/mol. The molecule has 1 aromatic rings.